The third-order valence-electron chi connectivity index (χ3n) is 3.89. The maximum absolute atomic E-state index is 6.09. The van der Waals surface area contributed by atoms with Crippen molar-refractivity contribution in [2.75, 3.05) is 31.1 Å². The third-order valence-corrected chi connectivity index (χ3v) is 4.48. The van der Waals surface area contributed by atoms with Gasteiger partial charge in [0.15, 0.2) is 0 Å². The number of hydrogen-bond acceptors (Lipinski definition) is 4. The Hall–Kier alpha value is -0.580. The lowest BCUT2D eigenvalue weighted by atomic mass is 10.1. The van der Waals surface area contributed by atoms with Gasteiger partial charge in [-0.3, -0.25) is 4.90 Å². The van der Waals surface area contributed by atoms with Crippen LogP contribution in [-0.4, -0.2) is 47.1 Å². The maximum Gasteiger partial charge on any atom is 0.138 e. The molecule has 2 saturated heterocycles. The monoisotopic (exact) mass is 286 g/mol. The minimum Gasteiger partial charge on any atom is -0.353 e. The van der Waals surface area contributed by atoms with Gasteiger partial charge in [-0.05, 0) is 19.4 Å². The third kappa shape index (κ3) is 2.17. The fourth-order valence-corrected chi connectivity index (χ4v) is 3.46. The van der Waals surface area contributed by atoms with Crippen LogP contribution in [0.1, 0.15) is 18.4 Å². The van der Waals surface area contributed by atoms with Crippen LogP contribution in [-0.2, 0) is 5.88 Å². The van der Waals surface area contributed by atoms with Crippen molar-refractivity contribution in [2.24, 2.45) is 0 Å². The Morgan fingerprint density at radius 1 is 1.28 bits per heavy atom. The molecule has 1 unspecified atom stereocenters. The molecule has 3 heterocycles. The fraction of sp³-hybridized carbons (Fsp3) is 0.667. The highest BCUT2D eigenvalue weighted by Gasteiger charge is 2.31. The summed E-state index contributed by atoms with van der Waals surface area (Å²) in [4.78, 5) is 13.3. The van der Waals surface area contributed by atoms with Crippen molar-refractivity contribution >= 4 is 29.0 Å². The molecule has 1 aromatic rings. The molecule has 0 spiro atoms. The molecule has 0 amide bonds. The molecule has 1 aromatic heterocycles. The first-order chi connectivity index (χ1) is 8.79. The highest BCUT2D eigenvalue weighted by atomic mass is 35.5. The van der Waals surface area contributed by atoms with E-state index in [9.17, 15) is 0 Å². The molecule has 2 fully saturated rings. The summed E-state index contributed by atoms with van der Waals surface area (Å²) in [5, 5.41) is 0.476. The van der Waals surface area contributed by atoms with Crippen LogP contribution in [0.5, 0.6) is 0 Å². The number of nitrogens with zero attached hydrogens (tertiary/aromatic N) is 4. The van der Waals surface area contributed by atoms with E-state index in [0.717, 1.165) is 31.0 Å². The van der Waals surface area contributed by atoms with Crippen molar-refractivity contribution < 1.29 is 0 Å². The van der Waals surface area contributed by atoms with Gasteiger partial charge < -0.3 is 4.90 Å². The molecule has 0 saturated carbocycles. The van der Waals surface area contributed by atoms with Gasteiger partial charge in [0.05, 0.1) is 5.88 Å². The van der Waals surface area contributed by atoms with E-state index >= 15 is 0 Å². The number of alkyl halides is 1. The molecule has 1 atom stereocenters. The lowest BCUT2D eigenvalue weighted by molar-refractivity contribution is 0.230. The van der Waals surface area contributed by atoms with Gasteiger partial charge in [-0.1, -0.05) is 11.6 Å². The predicted octanol–water partition coefficient (Wildman–Crippen LogP) is 2.15. The molecule has 4 nitrogen and oxygen atoms in total. The van der Waals surface area contributed by atoms with Crippen LogP contribution in [0.15, 0.2) is 6.33 Å². The van der Waals surface area contributed by atoms with E-state index in [0.29, 0.717) is 17.1 Å². The maximum atomic E-state index is 6.09. The van der Waals surface area contributed by atoms with Crippen LogP contribution in [0.25, 0.3) is 0 Å². The lowest BCUT2D eigenvalue weighted by Crippen LogP contribution is -2.50. The minimum atomic E-state index is 0.361. The van der Waals surface area contributed by atoms with E-state index in [1.165, 1.54) is 25.7 Å². The van der Waals surface area contributed by atoms with Crippen molar-refractivity contribution in [2.45, 2.75) is 24.8 Å². The number of hydrogen-bond donors (Lipinski definition) is 0. The Bertz CT molecular complexity index is 440. The van der Waals surface area contributed by atoms with E-state index in [1.54, 1.807) is 0 Å². The fourth-order valence-electron chi connectivity index (χ4n) is 2.95. The summed E-state index contributed by atoms with van der Waals surface area (Å²) in [5.74, 6) is 1.27. The summed E-state index contributed by atoms with van der Waals surface area (Å²) >= 11 is 12.1. The average molecular weight is 287 g/mol. The highest BCUT2D eigenvalue weighted by Crippen LogP contribution is 2.29. The van der Waals surface area contributed by atoms with Crippen LogP contribution in [0, 0.1) is 0 Å². The van der Waals surface area contributed by atoms with Crippen molar-refractivity contribution in [3.05, 3.63) is 17.0 Å². The molecular formula is C12H16Cl2N4. The molecule has 0 bridgehead atoms. The topological polar surface area (TPSA) is 32.3 Å². The molecule has 3 rings (SSSR count). The van der Waals surface area contributed by atoms with E-state index in [2.05, 4.69) is 19.8 Å². The molecule has 98 valence electrons. The SMILES string of the molecule is ClCc1c(Cl)ncnc1N1CCN2CCCC2C1. The summed E-state index contributed by atoms with van der Waals surface area (Å²) in [6.45, 7) is 4.37. The van der Waals surface area contributed by atoms with Crippen molar-refractivity contribution in [1.82, 2.24) is 14.9 Å². The van der Waals surface area contributed by atoms with Gasteiger partial charge in [-0.25, -0.2) is 9.97 Å². The van der Waals surface area contributed by atoms with Crippen LogP contribution >= 0.6 is 23.2 Å². The molecule has 0 N–H and O–H groups in total. The number of rotatable bonds is 2. The van der Waals surface area contributed by atoms with Gasteiger partial charge in [0.2, 0.25) is 0 Å². The number of piperazine rings is 1. The largest absolute Gasteiger partial charge is 0.353 e. The van der Waals surface area contributed by atoms with Crippen LogP contribution in [0.3, 0.4) is 0 Å². The van der Waals surface area contributed by atoms with Gasteiger partial charge in [0, 0.05) is 31.2 Å². The highest BCUT2D eigenvalue weighted by molar-refractivity contribution is 6.31. The summed E-state index contributed by atoms with van der Waals surface area (Å²) in [6, 6.07) is 0.663. The number of anilines is 1. The number of fused-ring (bicyclic) bond motifs is 1. The summed E-state index contributed by atoms with van der Waals surface area (Å²) in [6.07, 6.45) is 4.12. The van der Waals surface area contributed by atoms with Crippen LogP contribution in [0.2, 0.25) is 5.15 Å². The summed E-state index contributed by atoms with van der Waals surface area (Å²) in [5.41, 5.74) is 0.854. The second-order valence-electron chi connectivity index (χ2n) is 4.88. The zero-order valence-corrected chi connectivity index (χ0v) is 11.7. The lowest BCUT2D eigenvalue weighted by Gasteiger charge is -2.38. The molecule has 0 aliphatic carbocycles. The smallest absolute Gasteiger partial charge is 0.138 e. The van der Waals surface area contributed by atoms with E-state index in [-0.39, 0.29) is 0 Å². The van der Waals surface area contributed by atoms with E-state index in [4.69, 9.17) is 23.2 Å². The van der Waals surface area contributed by atoms with Crippen molar-refractivity contribution in [3.63, 3.8) is 0 Å². The number of aromatic nitrogens is 2. The molecule has 18 heavy (non-hydrogen) atoms. The molecule has 0 radical (unpaired) electrons. The van der Waals surface area contributed by atoms with E-state index in [1.807, 2.05) is 0 Å². The second kappa shape index (κ2) is 5.19. The van der Waals surface area contributed by atoms with Crippen molar-refractivity contribution in [3.8, 4) is 0 Å². The summed E-state index contributed by atoms with van der Waals surface area (Å²) in [7, 11) is 0. The molecule has 2 aliphatic rings. The Morgan fingerprint density at radius 3 is 3.00 bits per heavy atom. The zero-order chi connectivity index (χ0) is 12.5. The van der Waals surface area contributed by atoms with E-state index < -0.39 is 0 Å². The zero-order valence-electron chi connectivity index (χ0n) is 10.1. The Morgan fingerprint density at radius 2 is 2.17 bits per heavy atom. The summed E-state index contributed by atoms with van der Waals surface area (Å²) < 4.78 is 0. The first kappa shape index (κ1) is 12.5. The van der Waals surface area contributed by atoms with Gasteiger partial charge in [0.1, 0.15) is 17.3 Å². The molecular weight excluding hydrogens is 271 g/mol. The van der Waals surface area contributed by atoms with Crippen molar-refractivity contribution in [1.29, 1.82) is 0 Å². The normalized spacial score (nSPS) is 24.3. The average Bonchev–Trinajstić information content (AvgIpc) is 2.85. The van der Waals surface area contributed by atoms with Crippen LogP contribution in [0.4, 0.5) is 5.82 Å². The second-order valence-corrected chi connectivity index (χ2v) is 5.50. The Balaban J connectivity index is 1.84. The molecule has 2 aliphatic heterocycles. The Labute approximate surface area is 117 Å². The number of halogens is 2. The molecule has 6 heteroatoms. The minimum absolute atomic E-state index is 0.361. The van der Waals surface area contributed by atoms with Gasteiger partial charge in [0.25, 0.3) is 0 Å². The van der Waals surface area contributed by atoms with Gasteiger partial charge >= 0.3 is 0 Å². The first-order valence-corrected chi connectivity index (χ1v) is 7.25. The molecule has 0 aromatic carbocycles. The predicted molar refractivity (Wildman–Crippen MR) is 73.4 cm³/mol. The first-order valence-electron chi connectivity index (χ1n) is 6.34. The standard InChI is InChI=1S/C12H16Cl2N4/c13-6-10-11(14)15-8-16-12(10)18-5-4-17-3-1-2-9(17)7-18/h8-9H,1-7H2. The Kier molecular flexibility index (Phi) is 3.59. The quantitative estimate of drug-likeness (QED) is 0.616. The van der Waals surface area contributed by atoms with Gasteiger partial charge in [-0.2, -0.15) is 0 Å². The van der Waals surface area contributed by atoms with Gasteiger partial charge in [-0.15, -0.1) is 11.6 Å². The van der Waals surface area contributed by atoms with Crippen LogP contribution < -0.4 is 4.90 Å².